The Kier molecular flexibility index (Phi) is 7.00. The quantitative estimate of drug-likeness (QED) is 0.732. The highest BCUT2D eigenvalue weighted by atomic mass is 19.1. The highest BCUT2D eigenvalue weighted by molar-refractivity contribution is 5.85. The average Bonchev–Trinajstić information content (AvgIpc) is 3.07. The molecule has 174 valence electrons. The molecule has 1 saturated heterocycles. The molecule has 1 fully saturated rings. The summed E-state index contributed by atoms with van der Waals surface area (Å²) in [7, 11) is 0. The molecular weight excluding hydrogens is 417 g/mol. The lowest BCUT2D eigenvalue weighted by Crippen LogP contribution is -2.50. The van der Waals surface area contributed by atoms with Crippen LogP contribution >= 0.6 is 0 Å². The van der Waals surface area contributed by atoms with Gasteiger partial charge in [0.1, 0.15) is 23.3 Å². The zero-order valence-electron chi connectivity index (χ0n) is 18.9. The first-order valence-corrected chi connectivity index (χ1v) is 10.7. The number of hydrogen-bond donors (Lipinski definition) is 2. The molecule has 32 heavy (non-hydrogen) atoms. The summed E-state index contributed by atoms with van der Waals surface area (Å²) in [5.74, 6) is -0.0137. The summed E-state index contributed by atoms with van der Waals surface area (Å²) < 4.78 is 20.7. The topological polar surface area (TPSA) is 109 Å². The molecule has 0 saturated carbocycles. The summed E-state index contributed by atoms with van der Waals surface area (Å²) >= 11 is 0. The van der Waals surface area contributed by atoms with Crippen molar-refractivity contribution in [3.8, 4) is 5.69 Å². The van der Waals surface area contributed by atoms with Gasteiger partial charge in [0.25, 0.3) is 0 Å². The van der Waals surface area contributed by atoms with Crippen molar-refractivity contribution in [3.05, 3.63) is 46.4 Å². The Morgan fingerprint density at radius 1 is 1.28 bits per heavy atom. The Hall–Kier alpha value is -3.17. The molecule has 9 nitrogen and oxygen atoms in total. The van der Waals surface area contributed by atoms with Crippen LogP contribution in [0.5, 0.6) is 0 Å². The first-order valence-electron chi connectivity index (χ1n) is 10.7. The van der Waals surface area contributed by atoms with Crippen LogP contribution in [0.3, 0.4) is 0 Å². The minimum atomic E-state index is -0.695. The summed E-state index contributed by atoms with van der Waals surface area (Å²) in [6, 6.07) is 5.37. The number of carbonyl (C=O) groups is 2. The fourth-order valence-electron chi connectivity index (χ4n) is 3.78. The van der Waals surface area contributed by atoms with Gasteiger partial charge in [0.15, 0.2) is 0 Å². The van der Waals surface area contributed by atoms with Crippen molar-refractivity contribution in [1.29, 1.82) is 0 Å². The van der Waals surface area contributed by atoms with E-state index < -0.39 is 29.2 Å². The third-order valence-electron chi connectivity index (χ3n) is 5.34. The molecule has 0 bridgehead atoms. The molecule has 0 spiro atoms. The second kappa shape index (κ2) is 9.54. The van der Waals surface area contributed by atoms with Crippen LogP contribution in [0.15, 0.2) is 29.1 Å². The standard InChI is InChI=1S/C22H30FN5O4/c1-14(24-21(31)32-22(2,3)4)19(29)27-11-9-15(10-12-27)13-18-25-26-20(30)28(18)17-8-6-5-7-16(17)23/h5-8,14-15H,9-13H2,1-4H3,(H,24,31)(H,26,30). The number of nitrogens with zero attached hydrogens (tertiary/aromatic N) is 3. The van der Waals surface area contributed by atoms with Gasteiger partial charge < -0.3 is 15.0 Å². The molecular formula is C22H30FN5O4. The molecule has 1 atom stereocenters. The van der Waals surface area contributed by atoms with Crippen LogP contribution in [0, 0.1) is 11.7 Å². The van der Waals surface area contributed by atoms with Crippen molar-refractivity contribution in [2.45, 2.75) is 58.6 Å². The number of aromatic amines is 1. The van der Waals surface area contributed by atoms with Gasteiger partial charge in [-0.1, -0.05) is 12.1 Å². The molecule has 1 aromatic carbocycles. The van der Waals surface area contributed by atoms with Gasteiger partial charge in [-0.15, -0.1) is 0 Å². The van der Waals surface area contributed by atoms with E-state index in [-0.39, 0.29) is 17.5 Å². The van der Waals surface area contributed by atoms with Crippen molar-refractivity contribution >= 4 is 12.0 Å². The van der Waals surface area contributed by atoms with E-state index in [1.54, 1.807) is 44.7 Å². The molecule has 3 rings (SSSR count). The fraction of sp³-hybridized carbons (Fsp3) is 0.545. The number of benzene rings is 1. The molecule has 2 amide bonds. The molecule has 0 radical (unpaired) electrons. The van der Waals surface area contributed by atoms with Crippen LogP contribution in [0.1, 0.15) is 46.4 Å². The average molecular weight is 448 g/mol. The van der Waals surface area contributed by atoms with Crippen LogP contribution in [0.2, 0.25) is 0 Å². The molecule has 10 heteroatoms. The third-order valence-corrected chi connectivity index (χ3v) is 5.34. The van der Waals surface area contributed by atoms with Gasteiger partial charge in [-0.2, -0.15) is 5.10 Å². The lowest BCUT2D eigenvalue weighted by molar-refractivity contribution is -0.134. The smallest absolute Gasteiger partial charge is 0.408 e. The number of nitrogens with one attached hydrogen (secondary N) is 2. The predicted octanol–water partition coefficient (Wildman–Crippen LogP) is 2.39. The number of rotatable bonds is 5. The lowest BCUT2D eigenvalue weighted by atomic mass is 9.93. The number of para-hydroxylation sites is 1. The highest BCUT2D eigenvalue weighted by Gasteiger charge is 2.29. The highest BCUT2D eigenvalue weighted by Crippen LogP contribution is 2.22. The Balaban J connectivity index is 1.57. The zero-order valence-corrected chi connectivity index (χ0v) is 18.9. The predicted molar refractivity (Wildman–Crippen MR) is 116 cm³/mol. The number of hydrogen-bond acceptors (Lipinski definition) is 5. The first-order chi connectivity index (χ1) is 15.0. The largest absolute Gasteiger partial charge is 0.444 e. The summed E-state index contributed by atoms with van der Waals surface area (Å²) in [6.07, 6.45) is 1.28. The summed E-state index contributed by atoms with van der Waals surface area (Å²) in [5, 5.41) is 9.07. The molecule has 0 aliphatic carbocycles. The minimum absolute atomic E-state index is 0.163. The summed E-state index contributed by atoms with van der Waals surface area (Å²) in [6.45, 7) is 7.96. The zero-order chi connectivity index (χ0) is 23.5. The Labute approximate surface area is 185 Å². The van der Waals surface area contributed by atoms with Gasteiger partial charge in [-0.25, -0.2) is 23.6 Å². The summed E-state index contributed by atoms with van der Waals surface area (Å²) in [4.78, 5) is 38.5. The molecule has 1 unspecified atom stereocenters. The number of ether oxygens (including phenoxy) is 1. The number of H-pyrrole nitrogens is 1. The van der Waals surface area contributed by atoms with Gasteiger partial charge in [0, 0.05) is 19.5 Å². The maximum Gasteiger partial charge on any atom is 0.408 e. The number of alkyl carbamates (subject to hydrolysis) is 1. The molecule has 2 N–H and O–H groups in total. The van der Waals surface area contributed by atoms with Gasteiger partial charge in [-0.05, 0) is 58.6 Å². The molecule has 1 aliphatic heterocycles. The number of likely N-dealkylation sites (tertiary alicyclic amines) is 1. The number of piperidine rings is 1. The van der Waals surface area contributed by atoms with Crippen molar-refractivity contribution in [3.63, 3.8) is 0 Å². The van der Waals surface area contributed by atoms with Crippen LogP contribution in [-0.4, -0.2) is 56.4 Å². The second-order valence-electron chi connectivity index (χ2n) is 9.07. The number of aromatic nitrogens is 3. The van der Waals surface area contributed by atoms with E-state index in [9.17, 15) is 18.8 Å². The summed E-state index contributed by atoms with van der Waals surface area (Å²) in [5.41, 5.74) is -0.961. The van der Waals surface area contributed by atoms with Crippen LogP contribution in [-0.2, 0) is 16.0 Å². The van der Waals surface area contributed by atoms with E-state index >= 15 is 0 Å². The van der Waals surface area contributed by atoms with E-state index in [0.717, 1.165) is 0 Å². The van der Waals surface area contributed by atoms with Crippen LogP contribution in [0.4, 0.5) is 9.18 Å². The van der Waals surface area contributed by atoms with E-state index in [1.807, 2.05) is 0 Å². The fourth-order valence-corrected chi connectivity index (χ4v) is 3.78. The van der Waals surface area contributed by atoms with Crippen molar-refractivity contribution < 1.29 is 18.7 Å². The van der Waals surface area contributed by atoms with Crippen LogP contribution < -0.4 is 11.0 Å². The SMILES string of the molecule is CC(NC(=O)OC(C)(C)C)C(=O)N1CCC(Cc2n[nH]c(=O)n2-c2ccccc2F)CC1. The maximum absolute atomic E-state index is 14.2. The molecule has 2 aromatic rings. The Morgan fingerprint density at radius 2 is 1.94 bits per heavy atom. The monoisotopic (exact) mass is 447 g/mol. The Bertz CT molecular complexity index is 1020. The van der Waals surface area contributed by atoms with Crippen molar-refractivity contribution in [2.24, 2.45) is 5.92 Å². The third kappa shape index (κ3) is 5.74. The van der Waals surface area contributed by atoms with Crippen molar-refractivity contribution in [2.75, 3.05) is 13.1 Å². The Morgan fingerprint density at radius 3 is 2.56 bits per heavy atom. The lowest BCUT2D eigenvalue weighted by Gasteiger charge is -2.33. The number of amides is 2. The minimum Gasteiger partial charge on any atom is -0.444 e. The van der Waals surface area contributed by atoms with E-state index in [0.29, 0.717) is 38.2 Å². The van der Waals surface area contributed by atoms with E-state index in [4.69, 9.17) is 4.74 Å². The van der Waals surface area contributed by atoms with E-state index in [1.165, 1.54) is 16.7 Å². The van der Waals surface area contributed by atoms with E-state index in [2.05, 4.69) is 15.5 Å². The van der Waals surface area contributed by atoms with Crippen molar-refractivity contribution in [1.82, 2.24) is 25.0 Å². The van der Waals surface area contributed by atoms with Gasteiger partial charge in [0.2, 0.25) is 5.91 Å². The normalized spacial score (nSPS) is 16.0. The first kappa shape index (κ1) is 23.5. The van der Waals surface area contributed by atoms with Gasteiger partial charge in [-0.3, -0.25) is 4.79 Å². The number of halogens is 1. The van der Waals surface area contributed by atoms with Gasteiger partial charge >= 0.3 is 11.8 Å². The van der Waals surface area contributed by atoms with Gasteiger partial charge in [0.05, 0.1) is 5.69 Å². The molecule has 1 aromatic heterocycles. The number of carbonyl (C=O) groups excluding carboxylic acids is 2. The van der Waals surface area contributed by atoms with Crippen LogP contribution in [0.25, 0.3) is 5.69 Å². The second-order valence-corrected chi connectivity index (χ2v) is 9.07. The molecule has 1 aliphatic rings. The molecule has 2 heterocycles. The maximum atomic E-state index is 14.2.